The fourth-order valence-electron chi connectivity index (χ4n) is 2.71. The predicted molar refractivity (Wildman–Crippen MR) is 92.0 cm³/mol. The first-order chi connectivity index (χ1) is 11.6. The zero-order valence-electron chi connectivity index (χ0n) is 14.9. The van der Waals surface area contributed by atoms with Gasteiger partial charge in [0.2, 0.25) is 0 Å². The van der Waals surface area contributed by atoms with Crippen LogP contribution >= 0.6 is 0 Å². The van der Waals surface area contributed by atoms with E-state index in [2.05, 4.69) is 0 Å². The van der Waals surface area contributed by atoms with E-state index in [4.69, 9.17) is 9.47 Å². The molecule has 1 aromatic carbocycles. The molecule has 138 valence electrons. The molecule has 25 heavy (non-hydrogen) atoms. The van der Waals surface area contributed by atoms with Crippen molar-refractivity contribution in [2.75, 3.05) is 31.2 Å². The molecular weight excluding hydrogens is 330 g/mol. The van der Waals surface area contributed by atoms with Gasteiger partial charge in [-0.1, -0.05) is 20.8 Å². The minimum atomic E-state index is -0.573. The Kier molecular flexibility index (Phi) is 5.58. The molecule has 0 N–H and O–H groups in total. The summed E-state index contributed by atoms with van der Waals surface area (Å²) >= 11 is 0. The molecule has 0 unspecified atom stereocenters. The van der Waals surface area contributed by atoms with E-state index in [1.165, 1.54) is 12.1 Å². The van der Waals surface area contributed by atoms with Crippen molar-refractivity contribution < 1.29 is 19.3 Å². The van der Waals surface area contributed by atoms with E-state index in [0.29, 0.717) is 25.3 Å². The SMILES string of the molecule is CCN(CC1OCCO1)c1c([N+](=O)[O-])cc(C(C)(C)C)cc1[N+](=O)[O-]. The summed E-state index contributed by atoms with van der Waals surface area (Å²) in [6.45, 7) is 8.76. The van der Waals surface area contributed by atoms with Crippen molar-refractivity contribution in [3.05, 3.63) is 37.9 Å². The molecule has 0 bridgehead atoms. The third kappa shape index (κ3) is 4.23. The van der Waals surface area contributed by atoms with Gasteiger partial charge < -0.3 is 14.4 Å². The average molecular weight is 353 g/mol. The maximum atomic E-state index is 11.6. The number of nitrogens with zero attached hydrogens (tertiary/aromatic N) is 3. The van der Waals surface area contributed by atoms with Crippen LogP contribution in [-0.2, 0) is 14.9 Å². The summed E-state index contributed by atoms with van der Waals surface area (Å²) in [7, 11) is 0. The average Bonchev–Trinajstić information content (AvgIpc) is 3.03. The summed E-state index contributed by atoms with van der Waals surface area (Å²) in [5.74, 6) is 0. The van der Waals surface area contributed by atoms with Gasteiger partial charge in [-0.25, -0.2) is 0 Å². The molecule has 0 spiro atoms. The van der Waals surface area contributed by atoms with Gasteiger partial charge in [0.15, 0.2) is 12.0 Å². The first kappa shape index (κ1) is 19.1. The quantitative estimate of drug-likeness (QED) is 0.571. The minimum absolute atomic E-state index is 0.00963. The van der Waals surface area contributed by atoms with Crippen LogP contribution in [0.15, 0.2) is 12.1 Å². The van der Waals surface area contributed by atoms with Crippen LogP contribution in [0.1, 0.15) is 33.3 Å². The van der Waals surface area contributed by atoms with Crippen molar-refractivity contribution in [3.8, 4) is 0 Å². The van der Waals surface area contributed by atoms with E-state index in [-0.39, 0.29) is 23.6 Å². The lowest BCUT2D eigenvalue weighted by molar-refractivity contribution is -0.392. The standard InChI is InChI=1S/C16H23N3O6/c1-5-17(10-14-24-6-7-25-14)15-12(18(20)21)8-11(16(2,3)4)9-13(15)19(22)23/h8-9,14H,5-7,10H2,1-4H3. The molecule has 0 atom stereocenters. The highest BCUT2D eigenvalue weighted by molar-refractivity contribution is 5.76. The van der Waals surface area contributed by atoms with Crippen molar-refractivity contribution >= 4 is 17.1 Å². The van der Waals surface area contributed by atoms with Gasteiger partial charge in [0.05, 0.1) is 29.6 Å². The van der Waals surface area contributed by atoms with Crippen molar-refractivity contribution in [1.29, 1.82) is 0 Å². The summed E-state index contributed by atoms with van der Waals surface area (Å²) in [6.07, 6.45) is -0.554. The molecule has 0 amide bonds. The van der Waals surface area contributed by atoms with Gasteiger partial charge in [0, 0.05) is 18.7 Å². The molecule has 0 saturated carbocycles. The molecule has 9 heteroatoms. The van der Waals surface area contributed by atoms with Gasteiger partial charge in [-0.2, -0.15) is 0 Å². The lowest BCUT2D eigenvalue weighted by atomic mass is 9.86. The van der Waals surface area contributed by atoms with Gasteiger partial charge in [0.1, 0.15) is 0 Å². The second kappa shape index (κ2) is 7.32. The van der Waals surface area contributed by atoms with E-state index in [9.17, 15) is 20.2 Å². The zero-order chi connectivity index (χ0) is 18.8. The van der Waals surface area contributed by atoms with Crippen LogP contribution < -0.4 is 4.90 Å². The Hall–Kier alpha value is -2.26. The fraction of sp³-hybridized carbons (Fsp3) is 0.625. The van der Waals surface area contributed by atoms with E-state index >= 15 is 0 Å². The second-order valence-corrected chi connectivity index (χ2v) is 6.84. The molecule has 2 rings (SSSR count). The van der Waals surface area contributed by atoms with Crippen molar-refractivity contribution in [2.24, 2.45) is 0 Å². The third-order valence-electron chi connectivity index (χ3n) is 4.09. The Morgan fingerprint density at radius 3 is 1.96 bits per heavy atom. The van der Waals surface area contributed by atoms with Crippen LogP contribution in [0, 0.1) is 20.2 Å². The maximum absolute atomic E-state index is 11.6. The highest BCUT2D eigenvalue weighted by atomic mass is 16.7. The number of rotatable bonds is 6. The van der Waals surface area contributed by atoms with Crippen molar-refractivity contribution in [3.63, 3.8) is 0 Å². The highest BCUT2D eigenvalue weighted by Crippen LogP contribution is 2.41. The lowest BCUT2D eigenvalue weighted by Gasteiger charge is -2.26. The smallest absolute Gasteiger partial charge is 0.299 e. The summed E-state index contributed by atoms with van der Waals surface area (Å²) < 4.78 is 10.8. The van der Waals surface area contributed by atoms with E-state index in [0.717, 1.165) is 0 Å². The molecular formula is C16H23N3O6. The fourth-order valence-corrected chi connectivity index (χ4v) is 2.71. The first-order valence-electron chi connectivity index (χ1n) is 8.10. The van der Waals surface area contributed by atoms with Crippen molar-refractivity contribution in [1.82, 2.24) is 0 Å². The molecule has 1 aliphatic rings. The number of ether oxygens (including phenoxy) is 2. The monoisotopic (exact) mass is 353 g/mol. The molecule has 9 nitrogen and oxygen atoms in total. The predicted octanol–water partition coefficient (Wildman–Crippen LogP) is 3.00. The second-order valence-electron chi connectivity index (χ2n) is 6.84. The number of likely N-dealkylation sites (N-methyl/N-ethyl adjacent to an activating group) is 1. The van der Waals surface area contributed by atoms with Gasteiger partial charge >= 0.3 is 0 Å². The van der Waals surface area contributed by atoms with Crippen LogP contribution in [0.4, 0.5) is 17.1 Å². The van der Waals surface area contributed by atoms with Gasteiger partial charge in [-0.15, -0.1) is 0 Å². The van der Waals surface area contributed by atoms with E-state index in [1.54, 1.807) is 11.8 Å². The number of hydrogen-bond donors (Lipinski definition) is 0. The molecule has 0 radical (unpaired) electrons. The number of anilines is 1. The summed E-state index contributed by atoms with van der Waals surface area (Å²) in [5.41, 5.74) is -0.482. The first-order valence-corrected chi connectivity index (χ1v) is 8.10. The largest absolute Gasteiger partial charge is 0.356 e. The topological polar surface area (TPSA) is 108 Å². The molecule has 1 fully saturated rings. The van der Waals surface area contributed by atoms with E-state index in [1.807, 2.05) is 20.8 Å². The van der Waals surface area contributed by atoms with Gasteiger partial charge in [0.25, 0.3) is 11.4 Å². The summed E-state index contributed by atoms with van der Waals surface area (Å²) in [5, 5.41) is 23.3. The summed E-state index contributed by atoms with van der Waals surface area (Å²) in [6, 6.07) is 2.84. The Balaban J connectivity index is 2.59. The molecule has 0 aliphatic carbocycles. The van der Waals surface area contributed by atoms with Crippen LogP contribution in [-0.4, -0.2) is 42.4 Å². The Morgan fingerprint density at radius 2 is 1.60 bits per heavy atom. The van der Waals surface area contributed by atoms with Gasteiger partial charge in [-0.3, -0.25) is 20.2 Å². The molecule has 1 saturated heterocycles. The van der Waals surface area contributed by atoms with E-state index < -0.39 is 21.6 Å². The zero-order valence-corrected chi connectivity index (χ0v) is 14.9. The van der Waals surface area contributed by atoms with Crippen LogP contribution in [0.3, 0.4) is 0 Å². The van der Waals surface area contributed by atoms with Crippen LogP contribution in [0.2, 0.25) is 0 Å². The number of nitro benzene ring substituents is 2. The highest BCUT2D eigenvalue weighted by Gasteiger charge is 2.34. The number of benzene rings is 1. The minimum Gasteiger partial charge on any atom is -0.356 e. The van der Waals surface area contributed by atoms with Crippen LogP contribution in [0.5, 0.6) is 0 Å². The Labute approximate surface area is 145 Å². The summed E-state index contributed by atoms with van der Waals surface area (Å²) in [4.78, 5) is 23.7. The third-order valence-corrected chi connectivity index (χ3v) is 4.09. The Bertz CT molecular complexity index is 629. The van der Waals surface area contributed by atoms with Crippen LogP contribution in [0.25, 0.3) is 0 Å². The Morgan fingerprint density at radius 1 is 1.12 bits per heavy atom. The maximum Gasteiger partial charge on any atom is 0.299 e. The molecule has 0 aromatic heterocycles. The normalized spacial score (nSPS) is 15.4. The number of nitro groups is 2. The molecule has 1 heterocycles. The molecule has 1 aliphatic heterocycles. The number of hydrogen-bond acceptors (Lipinski definition) is 7. The molecule has 1 aromatic rings. The lowest BCUT2D eigenvalue weighted by Crippen LogP contribution is -2.34. The van der Waals surface area contributed by atoms with Gasteiger partial charge in [-0.05, 0) is 17.9 Å². The van der Waals surface area contributed by atoms with Crippen molar-refractivity contribution in [2.45, 2.75) is 39.4 Å².